The Hall–Kier alpha value is -1.71. The zero-order valence-corrected chi connectivity index (χ0v) is 11.0. The Morgan fingerprint density at radius 3 is 2.11 bits per heavy atom. The summed E-state index contributed by atoms with van der Waals surface area (Å²) in [6, 6.07) is 7.49. The molecule has 1 rings (SSSR count). The standard InChI is InChI=1S/C14H20O4/c1-3-10-17-12-6-8-13(9-7-12)18-11-4-5-14(15)16-2/h6-9H,3-5,10-11H2,1-2H3. The number of benzene rings is 1. The van der Waals surface area contributed by atoms with Crippen molar-refractivity contribution in [2.75, 3.05) is 20.3 Å². The minimum Gasteiger partial charge on any atom is -0.494 e. The van der Waals surface area contributed by atoms with Gasteiger partial charge in [-0.25, -0.2) is 0 Å². The number of carbonyl (C=O) groups is 1. The van der Waals surface area contributed by atoms with Crippen LogP contribution in [0.4, 0.5) is 0 Å². The molecule has 1 aromatic rings. The Morgan fingerprint density at radius 2 is 1.61 bits per heavy atom. The van der Waals surface area contributed by atoms with Crippen LogP contribution in [0, 0.1) is 0 Å². The van der Waals surface area contributed by atoms with E-state index in [0.29, 0.717) is 19.4 Å². The highest BCUT2D eigenvalue weighted by Crippen LogP contribution is 2.17. The van der Waals surface area contributed by atoms with Crippen molar-refractivity contribution < 1.29 is 19.0 Å². The normalized spacial score (nSPS) is 9.89. The molecule has 0 aromatic heterocycles. The molecule has 0 aliphatic heterocycles. The first-order chi connectivity index (χ1) is 8.76. The molecular formula is C14H20O4. The summed E-state index contributed by atoms with van der Waals surface area (Å²) in [7, 11) is 1.39. The van der Waals surface area contributed by atoms with Crippen LogP contribution in [0.2, 0.25) is 0 Å². The highest BCUT2D eigenvalue weighted by molar-refractivity contribution is 5.69. The minimum absolute atomic E-state index is 0.207. The molecule has 0 N–H and O–H groups in total. The molecule has 1 aromatic carbocycles. The molecule has 0 atom stereocenters. The summed E-state index contributed by atoms with van der Waals surface area (Å²) in [5.41, 5.74) is 0. The van der Waals surface area contributed by atoms with Crippen LogP contribution in [0.3, 0.4) is 0 Å². The lowest BCUT2D eigenvalue weighted by Crippen LogP contribution is -2.04. The Labute approximate surface area is 108 Å². The van der Waals surface area contributed by atoms with Gasteiger partial charge in [-0.15, -0.1) is 0 Å². The Morgan fingerprint density at radius 1 is 1.06 bits per heavy atom. The average Bonchev–Trinajstić information content (AvgIpc) is 2.42. The number of hydrogen-bond acceptors (Lipinski definition) is 4. The maximum atomic E-state index is 10.9. The monoisotopic (exact) mass is 252 g/mol. The van der Waals surface area contributed by atoms with Crippen molar-refractivity contribution in [2.45, 2.75) is 26.2 Å². The lowest BCUT2D eigenvalue weighted by Gasteiger charge is -2.07. The summed E-state index contributed by atoms with van der Waals surface area (Å²) >= 11 is 0. The molecule has 0 heterocycles. The van der Waals surface area contributed by atoms with Gasteiger partial charge in [-0.1, -0.05) is 6.92 Å². The van der Waals surface area contributed by atoms with E-state index in [-0.39, 0.29) is 5.97 Å². The third-order valence-electron chi connectivity index (χ3n) is 2.32. The largest absolute Gasteiger partial charge is 0.494 e. The van der Waals surface area contributed by atoms with Gasteiger partial charge >= 0.3 is 5.97 Å². The fraction of sp³-hybridized carbons (Fsp3) is 0.500. The van der Waals surface area contributed by atoms with E-state index in [1.807, 2.05) is 24.3 Å². The second-order valence-corrected chi connectivity index (χ2v) is 3.85. The molecule has 0 bridgehead atoms. The minimum atomic E-state index is -0.207. The molecule has 0 saturated heterocycles. The van der Waals surface area contributed by atoms with E-state index in [1.165, 1.54) is 7.11 Å². The highest BCUT2D eigenvalue weighted by atomic mass is 16.5. The van der Waals surface area contributed by atoms with Gasteiger partial charge in [-0.2, -0.15) is 0 Å². The van der Waals surface area contributed by atoms with Crippen LogP contribution in [-0.4, -0.2) is 26.3 Å². The predicted octanol–water partition coefficient (Wildman–Crippen LogP) is 2.81. The molecule has 4 heteroatoms. The quantitative estimate of drug-likeness (QED) is 0.527. The first kappa shape index (κ1) is 14.4. The van der Waals surface area contributed by atoms with Gasteiger partial charge in [-0.3, -0.25) is 4.79 Å². The SMILES string of the molecule is CCCOc1ccc(OCCCC(=O)OC)cc1. The third-order valence-corrected chi connectivity index (χ3v) is 2.32. The Balaban J connectivity index is 2.24. The van der Waals surface area contributed by atoms with Gasteiger partial charge in [0.05, 0.1) is 20.3 Å². The molecule has 0 spiro atoms. The van der Waals surface area contributed by atoms with Crippen LogP contribution in [0.15, 0.2) is 24.3 Å². The van der Waals surface area contributed by atoms with E-state index in [9.17, 15) is 4.79 Å². The zero-order valence-electron chi connectivity index (χ0n) is 11.0. The molecule has 100 valence electrons. The molecule has 0 saturated carbocycles. The molecule has 4 nitrogen and oxygen atoms in total. The smallest absolute Gasteiger partial charge is 0.305 e. The van der Waals surface area contributed by atoms with E-state index in [0.717, 1.165) is 24.5 Å². The van der Waals surface area contributed by atoms with E-state index < -0.39 is 0 Å². The summed E-state index contributed by atoms with van der Waals surface area (Å²) in [5, 5.41) is 0. The summed E-state index contributed by atoms with van der Waals surface area (Å²) < 4.78 is 15.5. The first-order valence-corrected chi connectivity index (χ1v) is 6.18. The second-order valence-electron chi connectivity index (χ2n) is 3.85. The van der Waals surface area contributed by atoms with Crippen LogP contribution in [0.25, 0.3) is 0 Å². The van der Waals surface area contributed by atoms with Crippen molar-refractivity contribution in [1.29, 1.82) is 0 Å². The van der Waals surface area contributed by atoms with Gasteiger partial charge in [0.2, 0.25) is 0 Å². The number of ether oxygens (including phenoxy) is 3. The lowest BCUT2D eigenvalue weighted by molar-refractivity contribution is -0.140. The molecule has 0 unspecified atom stereocenters. The van der Waals surface area contributed by atoms with Crippen LogP contribution < -0.4 is 9.47 Å². The van der Waals surface area contributed by atoms with Crippen molar-refractivity contribution >= 4 is 5.97 Å². The number of carbonyl (C=O) groups excluding carboxylic acids is 1. The average molecular weight is 252 g/mol. The van der Waals surface area contributed by atoms with Gasteiger partial charge < -0.3 is 14.2 Å². The van der Waals surface area contributed by atoms with Gasteiger partial charge in [0.25, 0.3) is 0 Å². The zero-order chi connectivity index (χ0) is 13.2. The number of hydrogen-bond donors (Lipinski definition) is 0. The summed E-state index contributed by atoms with van der Waals surface area (Å²) in [4.78, 5) is 10.9. The fourth-order valence-corrected chi connectivity index (χ4v) is 1.36. The van der Waals surface area contributed by atoms with Crippen molar-refractivity contribution in [3.8, 4) is 11.5 Å². The van der Waals surface area contributed by atoms with E-state index in [1.54, 1.807) is 0 Å². The van der Waals surface area contributed by atoms with Gasteiger partial charge in [0, 0.05) is 6.42 Å². The summed E-state index contributed by atoms with van der Waals surface area (Å²) in [6.45, 7) is 3.29. The molecule has 0 fully saturated rings. The molecule has 0 amide bonds. The van der Waals surface area contributed by atoms with Crippen molar-refractivity contribution in [3.05, 3.63) is 24.3 Å². The fourth-order valence-electron chi connectivity index (χ4n) is 1.36. The number of esters is 1. The number of methoxy groups -OCH3 is 1. The van der Waals surface area contributed by atoms with E-state index in [2.05, 4.69) is 11.7 Å². The van der Waals surface area contributed by atoms with Gasteiger partial charge in [-0.05, 0) is 37.1 Å². The molecule has 0 radical (unpaired) electrons. The molecule has 18 heavy (non-hydrogen) atoms. The van der Waals surface area contributed by atoms with Crippen molar-refractivity contribution in [1.82, 2.24) is 0 Å². The highest BCUT2D eigenvalue weighted by Gasteiger charge is 2.00. The third kappa shape index (κ3) is 5.57. The lowest BCUT2D eigenvalue weighted by atomic mass is 10.3. The van der Waals surface area contributed by atoms with E-state index >= 15 is 0 Å². The first-order valence-electron chi connectivity index (χ1n) is 6.18. The topological polar surface area (TPSA) is 44.8 Å². The van der Waals surface area contributed by atoms with Crippen LogP contribution in [-0.2, 0) is 9.53 Å². The summed E-state index contributed by atoms with van der Waals surface area (Å²) in [5.74, 6) is 1.42. The Bertz CT molecular complexity index is 345. The summed E-state index contributed by atoms with van der Waals surface area (Å²) in [6.07, 6.45) is 2.03. The second kappa shape index (κ2) is 8.39. The van der Waals surface area contributed by atoms with Crippen LogP contribution in [0.5, 0.6) is 11.5 Å². The van der Waals surface area contributed by atoms with E-state index in [4.69, 9.17) is 9.47 Å². The van der Waals surface area contributed by atoms with Gasteiger partial charge in [0.15, 0.2) is 0 Å². The Kier molecular flexibility index (Phi) is 6.69. The molecular weight excluding hydrogens is 232 g/mol. The van der Waals surface area contributed by atoms with Crippen LogP contribution in [0.1, 0.15) is 26.2 Å². The van der Waals surface area contributed by atoms with Gasteiger partial charge in [0.1, 0.15) is 11.5 Å². The van der Waals surface area contributed by atoms with Crippen molar-refractivity contribution in [3.63, 3.8) is 0 Å². The molecule has 0 aliphatic carbocycles. The van der Waals surface area contributed by atoms with Crippen LogP contribution >= 0.6 is 0 Å². The molecule has 0 aliphatic rings. The maximum Gasteiger partial charge on any atom is 0.305 e. The maximum absolute atomic E-state index is 10.9. The predicted molar refractivity (Wildman–Crippen MR) is 69.0 cm³/mol. The van der Waals surface area contributed by atoms with Crippen molar-refractivity contribution in [2.24, 2.45) is 0 Å². The number of rotatable bonds is 8.